The van der Waals surface area contributed by atoms with Crippen LogP contribution < -0.4 is 5.73 Å². The summed E-state index contributed by atoms with van der Waals surface area (Å²) < 4.78 is 5.10. The van der Waals surface area contributed by atoms with Gasteiger partial charge in [-0.3, -0.25) is 0 Å². The third-order valence-electron chi connectivity index (χ3n) is 3.61. The second kappa shape index (κ2) is 7.56. The quantitative estimate of drug-likeness (QED) is 0.604. The lowest BCUT2D eigenvalue weighted by Gasteiger charge is -2.22. The van der Waals surface area contributed by atoms with E-state index in [1.54, 1.807) is 12.1 Å². The first-order chi connectivity index (χ1) is 11.0. The molecule has 0 amide bonds. The van der Waals surface area contributed by atoms with E-state index in [9.17, 15) is 14.7 Å². The molecule has 1 atom stereocenters. The van der Waals surface area contributed by atoms with Crippen LogP contribution in [0, 0.1) is 0 Å². The van der Waals surface area contributed by atoms with E-state index in [-0.39, 0.29) is 13.0 Å². The van der Waals surface area contributed by atoms with Crippen LogP contribution in [0.25, 0.3) is 0 Å². The van der Waals surface area contributed by atoms with Crippen LogP contribution in [-0.2, 0) is 27.4 Å². The van der Waals surface area contributed by atoms with Crippen molar-refractivity contribution in [1.82, 2.24) is 0 Å². The average Bonchev–Trinajstić information content (AvgIpc) is 2.59. The molecule has 0 saturated carbocycles. The number of nitrogens with two attached hydrogens (primary N) is 1. The number of aryl methyl sites for hydroxylation is 1. The van der Waals surface area contributed by atoms with E-state index in [1.165, 1.54) is 0 Å². The SMILES string of the molecule is NC(CCc1ccccc1)(C(=O)O)C(=O)OCc1ccccc1. The van der Waals surface area contributed by atoms with Crippen LogP contribution in [0.1, 0.15) is 17.5 Å². The molecule has 2 aromatic rings. The maximum absolute atomic E-state index is 12.2. The molecule has 0 heterocycles. The summed E-state index contributed by atoms with van der Waals surface area (Å²) in [5.41, 5.74) is 5.46. The standard InChI is InChI=1S/C18H19NO4/c19-18(16(20)21,12-11-14-7-3-1-4-8-14)17(22)23-13-15-9-5-2-6-10-15/h1-10H,11-13,19H2,(H,20,21). The summed E-state index contributed by atoms with van der Waals surface area (Å²) in [7, 11) is 0. The number of carbonyl (C=O) groups excluding carboxylic acids is 1. The fourth-order valence-electron chi connectivity index (χ4n) is 2.13. The summed E-state index contributed by atoms with van der Waals surface area (Å²) in [4.78, 5) is 23.6. The van der Waals surface area contributed by atoms with Gasteiger partial charge in [0.1, 0.15) is 6.61 Å². The highest BCUT2D eigenvalue weighted by Gasteiger charge is 2.43. The Morgan fingerprint density at radius 3 is 2.00 bits per heavy atom. The second-order valence-corrected chi connectivity index (χ2v) is 5.32. The van der Waals surface area contributed by atoms with Crippen molar-refractivity contribution in [2.45, 2.75) is 25.0 Å². The number of hydrogen-bond acceptors (Lipinski definition) is 4. The Labute approximate surface area is 134 Å². The summed E-state index contributed by atoms with van der Waals surface area (Å²) in [5, 5.41) is 9.35. The molecular formula is C18H19NO4. The molecule has 23 heavy (non-hydrogen) atoms. The van der Waals surface area contributed by atoms with E-state index in [2.05, 4.69) is 0 Å². The molecular weight excluding hydrogens is 294 g/mol. The summed E-state index contributed by atoms with van der Waals surface area (Å²) in [6, 6.07) is 18.3. The normalized spacial score (nSPS) is 13.1. The molecule has 120 valence electrons. The first kappa shape index (κ1) is 16.7. The molecule has 0 aliphatic rings. The Kier molecular flexibility index (Phi) is 5.49. The Balaban J connectivity index is 2.00. The second-order valence-electron chi connectivity index (χ2n) is 5.32. The molecule has 0 fully saturated rings. The van der Waals surface area contributed by atoms with Crippen LogP contribution in [0.15, 0.2) is 60.7 Å². The molecule has 0 radical (unpaired) electrons. The molecule has 1 unspecified atom stereocenters. The van der Waals surface area contributed by atoms with Gasteiger partial charge in [-0.25, -0.2) is 9.59 Å². The topological polar surface area (TPSA) is 89.6 Å². The highest BCUT2D eigenvalue weighted by atomic mass is 16.5. The van der Waals surface area contributed by atoms with Crippen molar-refractivity contribution in [3.8, 4) is 0 Å². The number of hydrogen-bond donors (Lipinski definition) is 2. The average molecular weight is 313 g/mol. The number of rotatable bonds is 7. The molecule has 5 nitrogen and oxygen atoms in total. The highest BCUT2D eigenvalue weighted by molar-refractivity contribution is 6.03. The predicted molar refractivity (Wildman–Crippen MR) is 85.6 cm³/mol. The monoisotopic (exact) mass is 313 g/mol. The van der Waals surface area contributed by atoms with Crippen LogP contribution in [0.5, 0.6) is 0 Å². The first-order valence-electron chi connectivity index (χ1n) is 7.30. The smallest absolute Gasteiger partial charge is 0.338 e. The number of aliphatic carboxylic acids is 1. The van der Waals surface area contributed by atoms with E-state index in [0.29, 0.717) is 6.42 Å². The van der Waals surface area contributed by atoms with Crippen LogP contribution in [0.2, 0.25) is 0 Å². The highest BCUT2D eigenvalue weighted by Crippen LogP contribution is 2.16. The minimum atomic E-state index is -2.05. The Morgan fingerprint density at radius 2 is 1.48 bits per heavy atom. The first-order valence-corrected chi connectivity index (χ1v) is 7.30. The van der Waals surface area contributed by atoms with Gasteiger partial charge in [0.2, 0.25) is 5.54 Å². The Hall–Kier alpha value is -2.66. The fourth-order valence-corrected chi connectivity index (χ4v) is 2.13. The van der Waals surface area contributed by atoms with Crippen molar-refractivity contribution in [3.63, 3.8) is 0 Å². The third-order valence-corrected chi connectivity index (χ3v) is 3.61. The lowest BCUT2D eigenvalue weighted by Crippen LogP contribution is -2.56. The predicted octanol–water partition coefficient (Wildman–Crippen LogP) is 2.14. The van der Waals surface area contributed by atoms with Gasteiger partial charge in [-0.15, -0.1) is 0 Å². The van der Waals surface area contributed by atoms with Gasteiger partial charge in [0, 0.05) is 0 Å². The van der Waals surface area contributed by atoms with E-state index in [0.717, 1.165) is 11.1 Å². The molecule has 0 bridgehead atoms. The number of benzene rings is 2. The third kappa shape index (κ3) is 4.40. The van der Waals surface area contributed by atoms with Crippen molar-refractivity contribution < 1.29 is 19.4 Å². The minimum absolute atomic E-state index is 0.00274. The zero-order valence-electron chi connectivity index (χ0n) is 12.6. The minimum Gasteiger partial charge on any atom is -0.479 e. The summed E-state index contributed by atoms with van der Waals surface area (Å²) in [6.45, 7) is -0.00274. The number of ether oxygens (including phenoxy) is 1. The van der Waals surface area contributed by atoms with Gasteiger partial charge in [-0.1, -0.05) is 60.7 Å². The molecule has 2 rings (SSSR count). The van der Waals surface area contributed by atoms with Gasteiger partial charge in [-0.05, 0) is 24.0 Å². The molecule has 3 N–H and O–H groups in total. The number of carboxylic acids is 1. The van der Waals surface area contributed by atoms with Crippen molar-refractivity contribution in [2.75, 3.05) is 0 Å². The van der Waals surface area contributed by atoms with Gasteiger partial charge in [0.15, 0.2) is 0 Å². The molecule has 0 aromatic heterocycles. The maximum atomic E-state index is 12.2. The van der Waals surface area contributed by atoms with Crippen molar-refractivity contribution in [3.05, 3.63) is 71.8 Å². The molecule has 5 heteroatoms. The summed E-state index contributed by atoms with van der Waals surface area (Å²) >= 11 is 0. The molecule has 0 spiro atoms. The van der Waals surface area contributed by atoms with E-state index in [4.69, 9.17) is 10.5 Å². The van der Waals surface area contributed by atoms with Crippen molar-refractivity contribution >= 4 is 11.9 Å². The van der Waals surface area contributed by atoms with Gasteiger partial charge in [0.25, 0.3) is 0 Å². The van der Waals surface area contributed by atoms with Gasteiger partial charge >= 0.3 is 11.9 Å². The lowest BCUT2D eigenvalue weighted by atomic mass is 9.92. The van der Waals surface area contributed by atoms with Crippen LogP contribution in [0.3, 0.4) is 0 Å². The maximum Gasteiger partial charge on any atom is 0.338 e. The zero-order chi connectivity index (χ0) is 16.7. The molecule has 0 saturated heterocycles. The number of carboxylic acid groups (broad SMARTS) is 1. The van der Waals surface area contributed by atoms with Crippen molar-refractivity contribution in [1.29, 1.82) is 0 Å². The van der Waals surface area contributed by atoms with E-state index < -0.39 is 17.5 Å². The summed E-state index contributed by atoms with van der Waals surface area (Å²) in [5.74, 6) is -2.31. The molecule has 0 aliphatic heterocycles. The van der Waals surface area contributed by atoms with E-state index in [1.807, 2.05) is 48.5 Å². The van der Waals surface area contributed by atoms with Gasteiger partial charge in [0.05, 0.1) is 0 Å². The largest absolute Gasteiger partial charge is 0.479 e. The zero-order valence-corrected chi connectivity index (χ0v) is 12.6. The van der Waals surface area contributed by atoms with Gasteiger partial charge < -0.3 is 15.6 Å². The van der Waals surface area contributed by atoms with Crippen molar-refractivity contribution in [2.24, 2.45) is 5.73 Å². The lowest BCUT2D eigenvalue weighted by molar-refractivity contribution is -0.162. The van der Waals surface area contributed by atoms with E-state index >= 15 is 0 Å². The molecule has 0 aliphatic carbocycles. The Morgan fingerprint density at radius 1 is 0.957 bits per heavy atom. The van der Waals surface area contributed by atoms with Crippen LogP contribution in [-0.4, -0.2) is 22.6 Å². The Bertz CT molecular complexity index is 657. The summed E-state index contributed by atoms with van der Waals surface area (Å²) in [6.07, 6.45) is 0.351. The number of carbonyl (C=O) groups is 2. The van der Waals surface area contributed by atoms with Crippen LogP contribution >= 0.6 is 0 Å². The van der Waals surface area contributed by atoms with Crippen LogP contribution in [0.4, 0.5) is 0 Å². The molecule has 2 aromatic carbocycles. The van der Waals surface area contributed by atoms with Gasteiger partial charge in [-0.2, -0.15) is 0 Å². The fraction of sp³-hybridized carbons (Fsp3) is 0.222. The number of esters is 1.